The smallest absolute Gasteiger partial charge is 0.294 e. The zero-order chi connectivity index (χ0) is 19.0. The molecule has 3 aromatic heterocycles. The highest BCUT2D eigenvalue weighted by Crippen LogP contribution is 2.22. The first-order chi connectivity index (χ1) is 13.0. The van der Waals surface area contributed by atoms with Gasteiger partial charge in [-0.25, -0.2) is 0 Å². The summed E-state index contributed by atoms with van der Waals surface area (Å²) in [7, 11) is 1.71. The molecule has 27 heavy (non-hydrogen) atoms. The second kappa shape index (κ2) is 6.68. The minimum Gasteiger partial charge on any atom is -0.467 e. The highest BCUT2D eigenvalue weighted by molar-refractivity contribution is 5.91. The third kappa shape index (κ3) is 3.08. The molecule has 0 N–H and O–H groups in total. The van der Waals surface area contributed by atoms with Gasteiger partial charge in [0, 0.05) is 12.6 Å². The van der Waals surface area contributed by atoms with E-state index in [1.807, 2.05) is 56.3 Å². The number of aryl methyl sites for hydroxylation is 1. The van der Waals surface area contributed by atoms with Crippen LogP contribution in [0.5, 0.6) is 0 Å². The molecule has 7 nitrogen and oxygen atoms in total. The van der Waals surface area contributed by atoms with Crippen LogP contribution in [0.2, 0.25) is 0 Å². The lowest BCUT2D eigenvalue weighted by atomic mass is 10.1. The minimum atomic E-state index is -0.278. The number of hydrogen-bond acceptors (Lipinski definition) is 5. The molecule has 1 unspecified atom stereocenters. The highest BCUT2D eigenvalue weighted by Gasteiger charge is 2.25. The Balaban J connectivity index is 1.70. The van der Waals surface area contributed by atoms with Gasteiger partial charge in [0.15, 0.2) is 5.65 Å². The zero-order valence-corrected chi connectivity index (χ0v) is 15.3. The Morgan fingerprint density at radius 2 is 1.89 bits per heavy atom. The van der Waals surface area contributed by atoms with Crippen LogP contribution in [0.4, 0.5) is 0 Å². The summed E-state index contributed by atoms with van der Waals surface area (Å²) >= 11 is 0. The fourth-order valence-corrected chi connectivity index (χ4v) is 2.85. The van der Waals surface area contributed by atoms with Gasteiger partial charge in [-0.15, -0.1) is 10.2 Å². The van der Waals surface area contributed by atoms with Crippen molar-refractivity contribution in [2.45, 2.75) is 19.9 Å². The molecule has 0 aliphatic heterocycles. The van der Waals surface area contributed by atoms with Crippen molar-refractivity contribution in [3.8, 4) is 11.3 Å². The molecule has 4 rings (SSSR count). The van der Waals surface area contributed by atoms with E-state index < -0.39 is 0 Å². The summed E-state index contributed by atoms with van der Waals surface area (Å²) in [5.74, 6) is 0.591. The maximum absolute atomic E-state index is 13.0. The largest absolute Gasteiger partial charge is 0.467 e. The Bertz CT molecular complexity index is 1080. The Labute approximate surface area is 156 Å². The van der Waals surface area contributed by atoms with E-state index in [1.165, 1.54) is 10.1 Å². The van der Waals surface area contributed by atoms with Gasteiger partial charge in [0.05, 0.1) is 18.0 Å². The van der Waals surface area contributed by atoms with Gasteiger partial charge in [0.1, 0.15) is 5.76 Å². The van der Waals surface area contributed by atoms with Crippen molar-refractivity contribution >= 4 is 11.6 Å². The molecule has 0 bridgehead atoms. The van der Waals surface area contributed by atoms with E-state index in [2.05, 4.69) is 15.3 Å². The van der Waals surface area contributed by atoms with Crippen molar-refractivity contribution in [1.29, 1.82) is 0 Å². The number of hydrogen-bond donors (Lipinski definition) is 0. The van der Waals surface area contributed by atoms with Gasteiger partial charge < -0.3 is 9.32 Å². The molecular formula is C20H19N5O2. The quantitative estimate of drug-likeness (QED) is 0.556. The lowest BCUT2D eigenvalue weighted by molar-refractivity contribution is 0.0711. The second-order valence-corrected chi connectivity index (χ2v) is 6.49. The maximum atomic E-state index is 13.0. The van der Waals surface area contributed by atoms with E-state index in [4.69, 9.17) is 4.42 Å². The van der Waals surface area contributed by atoms with Crippen molar-refractivity contribution in [1.82, 2.24) is 24.7 Å². The molecule has 0 aliphatic carbocycles. The van der Waals surface area contributed by atoms with Crippen molar-refractivity contribution < 1.29 is 9.21 Å². The van der Waals surface area contributed by atoms with Gasteiger partial charge >= 0.3 is 0 Å². The van der Waals surface area contributed by atoms with Crippen LogP contribution in [-0.2, 0) is 0 Å². The molecule has 0 fully saturated rings. The predicted octanol–water partition coefficient (Wildman–Crippen LogP) is 3.53. The summed E-state index contributed by atoms with van der Waals surface area (Å²) in [5.41, 5.74) is 3.41. The highest BCUT2D eigenvalue weighted by atomic mass is 16.3. The Hall–Kier alpha value is -3.48. The van der Waals surface area contributed by atoms with Gasteiger partial charge in [0.25, 0.3) is 5.91 Å². The van der Waals surface area contributed by atoms with Gasteiger partial charge in [-0.3, -0.25) is 4.79 Å². The van der Waals surface area contributed by atoms with Crippen LogP contribution in [-0.4, -0.2) is 37.7 Å². The van der Waals surface area contributed by atoms with Crippen molar-refractivity contribution in [3.05, 3.63) is 71.9 Å². The Morgan fingerprint density at radius 1 is 1.11 bits per heavy atom. The molecule has 0 saturated carbocycles. The number of carbonyl (C=O) groups is 1. The van der Waals surface area contributed by atoms with Crippen LogP contribution in [0, 0.1) is 6.92 Å². The normalized spacial score (nSPS) is 12.3. The molecule has 1 aromatic carbocycles. The van der Waals surface area contributed by atoms with Crippen LogP contribution in [0.15, 0.2) is 59.2 Å². The third-order valence-electron chi connectivity index (χ3n) is 4.66. The van der Waals surface area contributed by atoms with Crippen LogP contribution < -0.4 is 0 Å². The number of benzene rings is 1. The summed E-state index contributed by atoms with van der Waals surface area (Å²) in [4.78, 5) is 14.5. The number of amides is 1. The van der Waals surface area contributed by atoms with E-state index in [0.717, 1.165) is 11.3 Å². The molecule has 0 radical (unpaired) electrons. The van der Waals surface area contributed by atoms with Crippen molar-refractivity contribution in [3.63, 3.8) is 0 Å². The zero-order valence-electron chi connectivity index (χ0n) is 15.3. The summed E-state index contributed by atoms with van der Waals surface area (Å²) in [5, 5.41) is 12.7. The van der Waals surface area contributed by atoms with Gasteiger partial charge in [0.2, 0.25) is 5.82 Å². The Kier molecular flexibility index (Phi) is 4.19. The topological polar surface area (TPSA) is 76.5 Å². The molecule has 1 atom stereocenters. The fraction of sp³-hybridized carbons (Fsp3) is 0.200. The molecule has 0 aliphatic rings. The van der Waals surface area contributed by atoms with E-state index >= 15 is 0 Å². The predicted molar refractivity (Wildman–Crippen MR) is 100 cm³/mol. The fourth-order valence-electron chi connectivity index (χ4n) is 2.85. The molecule has 0 saturated heterocycles. The van der Waals surface area contributed by atoms with Crippen LogP contribution >= 0.6 is 0 Å². The first-order valence-corrected chi connectivity index (χ1v) is 8.64. The SMILES string of the molecule is Cc1ccc(-c2ccc3nnc(C(=O)N(C)C(C)c4ccco4)n3n2)cc1. The first-order valence-electron chi connectivity index (χ1n) is 8.64. The number of aromatic nitrogens is 4. The summed E-state index contributed by atoms with van der Waals surface area (Å²) in [6.07, 6.45) is 1.59. The number of nitrogens with zero attached hydrogens (tertiary/aromatic N) is 5. The van der Waals surface area contributed by atoms with E-state index in [0.29, 0.717) is 11.4 Å². The van der Waals surface area contributed by atoms with Gasteiger partial charge in [-0.1, -0.05) is 29.8 Å². The average molecular weight is 361 g/mol. The van der Waals surface area contributed by atoms with E-state index in [1.54, 1.807) is 24.3 Å². The number of carbonyl (C=O) groups excluding carboxylic acids is 1. The lowest BCUT2D eigenvalue weighted by Crippen LogP contribution is -2.31. The first kappa shape index (κ1) is 17.0. The van der Waals surface area contributed by atoms with Crippen molar-refractivity contribution in [2.24, 2.45) is 0 Å². The monoisotopic (exact) mass is 361 g/mol. The summed E-state index contributed by atoms with van der Waals surface area (Å²) in [6.45, 7) is 3.93. The van der Waals surface area contributed by atoms with E-state index in [-0.39, 0.29) is 17.8 Å². The second-order valence-electron chi connectivity index (χ2n) is 6.49. The van der Waals surface area contributed by atoms with Gasteiger partial charge in [-0.05, 0) is 38.1 Å². The molecule has 1 amide bonds. The lowest BCUT2D eigenvalue weighted by Gasteiger charge is -2.22. The van der Waals surface area contributed by atoms with E-state index in [9.17, 15) is 4.79 Å². The summed E-state index contributed by atoms with van der Waals surface area (Å²) in [6, 6.07) is 15.1. The molecule has 0 spiro atoms. The molecule has 7 heteroatoms. The average Bonchev–Trinajstić information content (AvgIpc) is 3.36. The van der Waals surface area contributed by atoms with Crippen LogP contribution in [0.1, 0.15) is 34.9 Å². The minimum absolute atomic E-state index is 0.167. The number of rotatable bonds is 4. The molecular weight excluding hydrogens is 342 g/mol. The molecule has 4 aromatic rings. The third-order valence-corrected chi connectivity index (χ3v) is 4.66. The number of furan rings is 1. The maximum Gasteiger partial charge on any atom is 0.294 e. The van der Waals surface area contributed by atoms with Gasteiger partial charge in [-0.2, -0.15) is 9.61 Å². The summed E-state index contributed by atoms with van der Waals surface area (Å²) < 4.78 is 6.89. The number of fused-ring (bicyclic) bond motifs is 1. The molecule has 136 valence electrons. The van der Waals surface area contributed by atoms with Crippen molar-refractivity contribution in [2.75, 3.05) is 7.05 Å². The van der Waals surface area contributed by atoms with Crippen LogP contribution in [0.25, 0.3) is 16.9 Å². The van der Waals surface area contributed by atoms with Crippen LogP contribution in [0.3, 0.4) is 0 Å². The Morgan fingerprint density at radius 3 is 2.59 bits per heavy atom. The molecule has 3 heterocycles. The standard InChI is InChI=1S/C20H19N5O2/c1-13-6-8-15(9-7-13)16-10-11-18-21-22-19(25(18)23-16)20(26)24(3)14(2)17-5-4-12-27-17/h4-12,14H,1-3H3.